The van der Waals surface area contributed by atoms with Crippen LogP contribution in [0, 0.1) is 5.92 Å². The number of hydrogen-bond acceptors (Lipinski definition) is 2. The molecule has 0 bridgehead atoms. The lowest BCUT2D eigenvalue weighted by Crippen LogP contribution is -3.05. The molecular weight excluding hydrogens is 348 g/mol. The number of amides is 1. The number of carbonyl (C=O) groups is 1. The van der Waals surface area contributed by atoms with Crippen LogP contribution in [0.3, 0.4) is 0 Å². The first kappa shape index (κ1) is 20.3. The maximum atomic E-state index is 12.7. The zero-order valence-electron chi connectivity index (χ0n) is 17.2. The molecular formula is C23H34N4O+2. The van der Waals surface area contributed by atoms with Gasteiger partial charge in [0.1, 0.15) is 5.56 Å². The predicted octanol–water partition coefficient (Wildman–Crippen LogP) is 1.22. The molecule has 0 saturated carbocycles. The number of nitrogens with zero attached hydrogens (tertiary/aromatic N) is 1. The van der Waals surface area contributed by atoms with Crippen LogP contribution in [0.1, 0.15) is 35.2 Å². The van der Waals surface area contributed by atoms with E-state index in [9.17, 15) is 4.79 Å². The molecule has 0 atom stereocenters. The number of benzene rings is 1. The Labute approximate surface area is 168 Å². The van der Waals surface area contributed by atoms with Crippen molar-refractivity contribution in [3.63, 3.8) is 0 Å². The molecule has 3 rings (SSSR count). The van der Waals surface area contributed by atoms with E-state index in [1.807, 2.05) is 18.3 Å². The topological polar surface area (TPSA) is 50.9 Å². The van der Waals surface area contributed by atoms with Gasteiger partial charge in [0.15, 0.2) is 0 Å². The minimum Gasteiger partial charge on any atom is -0.352 e. The second-order valence-electron chi connectivity index (χ2n) is 8.12. The van der Waals surface area contributed by atoms with E-state index in [0.29, 0.717) is 5.92 Å². The van der Waals surface area contributed by atoms with Gasteiger partial charge in [0, 0.05) is 13.0 Å². The number of pyridine rings is 1. The SMILES string of the molecule is C[NH+](C)CCCNC(=O)c1ccc[nH+]c1N1CCC(Cc2ccccc2)CC1. The molecule has 1 aliphatic rings. The molecule has 1 aromatic carbocycles. The van der Waals surface area contributed by atoms with Crippen molar-refractivity contribution in [2.45, 2.75) is 25.7 Å². The van der Waals surface area contributed by atoms with Crippen molar-refractivity contribution in [1.82, 2.24) is 5.32 Å². The van der Waals surface area contributed by atoms with Crippen LogP contribution in [0.4, 0.5) is 5.82 Å². The van der Waals surface area contributed by atoms with Crippen LogP contribution in [0.15, 0.2) is 48.7 Å². The highest BCUT2D eigenvalue weighted by Crippen LogP contribution is 2.25. The van der Waals surface area contributed by atoms with Crippen molar-refractivity contribution in [2.75, 3.05) is 45.2 Å². The van der Waals surface area contributed by atoms with Crippen molar-refractivity contribution in [3.05, 3.63) is 59.8 Å². The number of nitrogens with one attached hydrogen (secondary N) is 3. The molecule has 1 amide bonds. The highest BCUT2D eigenvalue weighted by molar-refractivity contribution is 5.98. The van der Waals surface area contributed by atoms with Crippen LogP contribution in [0.5, 0.6) is 0 Å². The number of anilines is 1. The molecule has 3 N–H and O–H groups in total. The second-order valence-corrected chi connectivity index (χ2v) is 8.12. The van der Waals surface area contributed by atoms with Crippen LogP contribution in [-0.2, 0) is 6.42 Å². The summed E-state index contributed by atoms with van der Waals surface area (Å²) < 4.78 is 0. The fourth-order valence-electron chi connectivity index (χ4n) is 3.92. The average Bonchev–Trinajstić information content (AvgIpc) is 2.72. The van der Waals surface area contributed by atoms with Gasteiger partial charge in [-0.2, -0.15) is 0 Å². The quantitative estimate of drug-likeness (QED) is 0.675. The zero-order chi connectivity index (χ0) is 19.8. The molecule has 2 aromatic rings. The number of H-pyrrole nitrogens is 1. The average molecular weight is 383 g/mol. The summed E-state index contributed by atoms with van der Waals surface area (Å²) in [6, 6.07) is 14.6. The van der Waals surface area contributed by atoms with Gasteiger partial charge in [-0.05, 0) is 42.9 Å². The molecule has 5 heteroatoms. The minimum absolute atomic E-state index is 0.0204. The standard InChI is InChI=1S/C23H32N4O/c1-26(2)15-7-14-25-23(28)21-10-6-13-24-22(21)27-16-11-20(12-17-27)18-19-8-4-3-5-9-19/h3-6,8-10,13,20H,7,11-12,14-18H2,1-2H3,(H,25,28)/p+2. The molecule has 0 spiro atoms. The van der Waals surface area contributed by atoms with Crippen molar-refractivity contribution in [3.8, 4) is 0 Å². The van der Waals surface area contributed by atoms with Crippen LogP contribution < -0.4 is 20.1 Å². The molecule has 0 radical (unpaired) electrons. The van der Waals surface area contributed by atoms with E-state index >= 15 is 0 Å². The van der Waals surface area contributed by atoms with Gasteiger partial charge in [-0.1, -0.05) is 30.3 Å². The summed E-state index contributed by atoms with van der Waals surface area (Å²) >= 11 is 0. The van der Waals surface area contributed by atoms with Gasteiger partial charge in [-0.3, -0.25) is 9.69 Å². The number of quaternary nitrogens is 1. The lowest BCUT2D eigenvalue weighted by molar-refractivity contribution is -0.858. The normalized spacial score (nSPS) is 15.0. The minimum atomic E-state index is 0.0204. The Bertz CT molecular complexity index is 739. The molecule has 1 aliphatic heterocycles. The third-order valence-corrected chi connectivity index (χ3v) is 5.52. The molecule has 2 heterocycles. The highest BCUT2D eigenvalue weighted by atomic mass is 16.1. The van der Waals surface area contributed by atoms with Crippen LogP contribution in [-0.4, -0.2) is 46.2 Å². The first-order valence-electron chi connectivity index (χ1n) is 10.5. The maximum absolute atomic E-state index is 12.7. The van der Waals surface area contributed by atoms with Crippen molar-refractivity contribution >= 4 is 11.7 Å². The number of aromatic amines is 1. The predicted molar refractivity (Wildman–Crippen MR) is 113 cm³/mol. The van der Waals surface area contributed by atoms with Crippen molar-refractivity contribution < 1.29 is 14.7 Å². The Morgan fingerprint density at radius 3 is 2.61 bits per heavy atom. The van der Waals surface area contributed by atoms with E-state index in [1.54, 1.807) is 0 Å². The molecule has 5 nitrogen and oxygen atoms in total. The largest absolute Gasteiger partial charge is 0.352 e. The third-order valence-electron chi connectivity index (χ3n) is 5.52. The molecule has 0 aliphatic carbocycles. The van der Waals surface area contributed by atoms with Gasteiger partial charge in [-0.15, -0.1) is 0 Å². The van der Waals surface area contributed by atoms with E-state index in [-0.39, 0.29) is 5.91 Å². The summed E-state index contributed by atoms with van der Waals surface area (Å²) in [6.45, 7) is 3.76. The number of rotatable bonds is 8. The van der Waals surface area contributed by atoms with Crippen molar-refractivity contribution in [1.29, 1.82) is 0 Å². The monoisotopic (exact) mass is 382 g/mol. The molecule has 1 fully saturated rings. The molecule has 1 saturated heterocycles. The fraction of sp³-hybridized carbons (Fsp3) is 0.478. The summed E-state index contributed by atoms with van der Waals surface area (Å²) in [5.74, 6) is 1.69. The van der Waals surface area contributed by atoms with Crippen molar-refractivity contribution in [2.24, 2.45) is 5.92 Å². The Morgan fingerprint density at radius 1 is 1.14 bits per heavy atom. The van der Waals surface area contributed by atoms with Gasteiger partial charge in [0.25, 0.3) is 11.7 Å². The molecule has 0 unspecified atom stereocenters. The van der Waals surface area contributed by atoms with E-state index in [4.69, 9.17) is 0 Å². The van der Waals surface area contributed by atoms with Crippen LogP contribution in [0.2, 0.25) is 0 Å². The fourth-order valence-corrected chi connectivity index (χ4v) is 3.92. The lowest BCUT2D eigenvalue weighted by atomic mass is 9.90. The van der Waals surface area contributed by atoms with Gasteiger partial charge in [0.05, 0.1) is 39.9 Å². The highest BCUT2D eigenvalue weighted by Gasteiger charge is 2.29. The Kier molecular flexibility index (Phi) is 7.43. The van der Waals surface area contributed by atoms with Gasteiger partial charge in [0.2, 0.25) is 0 Å². The Morgan fingerprint density at radius 2 is 1.89 bits per heavy atom. The first-order valence-corrected chi connectivity index (χ1v) is 10.5. The number of aromatic nitrogens is 1. The molecule has 150 valence electrons. The number of carbonyl (C=O) groups excluding carboxylic acids is 1. The summed E-state index contributed by atoms with van der Waals surface area (Å²) in [6.07, 6.45) is 6.37. The summed E-state index contributed by atoms with van der Waals surface area (Å²) in [7, 11) is 4.26. The Hall–Kier alpha value is -2.40. The number of hydrogen-bond donors (Lipinski definition) is 2. The van der Waals surface area contributed by atoms with Gasteiger partial charge < -0.3 is 10.2 Å². The van der Waals surface area contributed by atoms with E-state index < -0.39 is 0 Å². The summed E-state index contributed by atoms with van der Waals surface area (Å²) in [5.41, 5.74) is 2.17. The molecule has 1 aromatic heterocycles. The van der Waals surface area contributed by atoms with E-state index in [1.165, 1.54) is 10.5 Å². The van der Waals surface area contributed by atoms with Gasteiger partial charge >= 0.3 is 0 Å². The second kappa shape index (κ2) is 10.2. The summed E-state index contributed by atoms with van der Waals surface area (Å²) in [5, 5.41) is 3.08. The van der Waals surface area contributed by atoms with E-state index in [0.717, 1.165) is 63.2 Å². The third kappa shape index (κ3) is 5.80. The smallest absolute Gasteiger partial charge is 0.287 e. The lowest BCUT2D eigenvalue weighted by Gasteiger charge is -2.28. The molecule has 28 heavy (non-hydrogen) atoms. The maximum Gasteiger partial charge on any atom is 0.287 e. The first-order chi connectivity index (χ1) is 13.6. The van der Waals surface area contributed by atoms with E-state index in [2.05, 4.69) is 59.6 Å². The van der Waals surface area contributed by atoms with Gasteiger partial charge in [-0.25, -0.2) is 4.98 Å². The van der Waals surface area contributed by atoms with Crippen LogP contribution in [0.25, 0.3) is 0 Å². The van der Waals surface area contributed by atoms with Crippen LogP contribution >= 0.6 is 0 Å². The zero-order valence-corrected chi connectivity index (χ0v) is 17.2. The number of piperidine rings is 1. The Balaban J connectivity index is 1.55. The summed E-state index contributed by atoms with van der Waals surface area (Å²) in [4.78, 5) is 19.8.